The SMILES string of the molecule is ClCc1ccc(OCc2ccccc2Cl)cn1. The molecule has 0 spiro atoms. The molecule has 0 radical (unpaired) electrons. The molecule has 1 aromatic heterocycles. The van der Waals surface area contributed by atoms with E-state index < -0.39 is 0 Å². The summed E-state index contributed by atoms with van der Waals surface area (Å²) in [5.41, 5.74) is 1.78. The maximum absolute atomic E-state index is 6.03. The molecule has 1 aromatic carbocycles. The zero-order chi connectivity index (χ0) is 12.1. The van der Waals surface area contributed by atoms with E-state index in [4.69, 9.17) is 27.9 Å². The maximum atomic E-state index is 6.03. The van der Waals surface area contributed by atoms with Crippen molar-refractivity contribution in [2.24, 2.45) is 0 Å². The monoisotopic (exact) mass is 267 g/mol. The van der Waals surface area contributed by atoms with Crippen molar-refractivity contribution in [2.75, 3.05) is 0 Å². The number of aromatic nitrogens is 1. The fraction of sp³-hybridized carbons (Fsp3) is 0.154. The lowest BCUT2D eigenvalue weighted by Gasteiger charge is -2.07. The first kappa shape index (κ1) is 12.2. The minimum atomic E-state index is 0.408. The molecule has 2 nitrogen and oxygen atoms in total. The van der Waals surface area contributed by atoms with Crippen molar-refractivity contribution >= 4 is 23.2 Å². The topological polar surface area (TPSA) is 22.1 Å². The van der Waals surface area contributed by atoms with Gasteiger partial charge in [0.2, 0.25) is 0 Å². The molecular formula is C13H11Cl2NO. The normalized spacial score (nSPS) is 10.2. The number of pyridine rings is 1. The highest BCUT2D eigenvalue weighted by atomic mass is 35.5. The van der Waals surface area contributed by atoms with Gasteiger partial charge < -0.3 is 4.74 Å². The van der Waals surface area contributed by atoms with Gasteiger partial charge in [0.05, 0.1) is 17.8 Å². The molecule has 2 aromatic rings. The predicted molar refractivity (Wildman–Crippen MR) is 69.6 cm³/mol. The van der Waals surface area contributed by atoms with Gasteiger partial charge in [-0.1, -0.05) is 29.8 Å². The lowest BCUT2D eigenvalue weighted by atomic mass is 10.2. The summed E-state index contributed by atoms with van der Waals surface area (Å²) in [5.74, 6) is 1.11. The summed E-state index contributed by atoms with van der Waals surface area (Å²) in [7, 11) is 0. The van der Waals surface area contributed by atoms with Crippen molar-refractivity contribution < 1.29 is 4.74 Å². The predicted octanol–water partition coefficient (Wildman–Crippen LogP) is 4.05. The molecule has 0 fully saturated rings. The van der Waals surface area contributed by atoms with E-state index in [9.17, 15) is 0 Å². The zero-order valence-corrected chi connectivity index (χ0v) is 10.6. The molecule has 2 rings (SSSR count). The molecule has 17 heavy (non-hydrogen) atoms. The quantitative estimate of drug-likeness (QED) is 0.780. The van der Waals surface area contributed by atoms with Crippen molar-refractivity contribution in [1.29, 1.82) is 0 Å². The Morgan fingerprint density at radius 2 is 1.94 bits per heavy atom. The van der Waals surface area contributed by atoms with E-state index in [1.54, 1.807) is 6.20 Å². The molecular weight excluding hydrogens is 257 g/mol. The summed E-state index contributed by atoms with van der Waals surface area (Å²) in [6.45, 7) is 0.432. The second-order valence-electron chi connectivity index (χ2n) is 3.50. The van der Waals surface area contributed by atoms with Gasteiger partial charge in [0.25, 0.3) is 0 Å². The van der Waals surface area contributed by atoms with Gasteiger partial charge in [-0.2, -0.15) is 0 Å². The summed E-state index contributed by atoms with van der Waals surface area (Å²) in [4.78, 5) is 4.14. The smallest absolute Gasteiger partial charge is 0.138 e. The molecule has 0 saturated carbocycles. The summed E-state index contributed by atoms with van der Waals surface area (Å²) in [6, 6.07) is 11.3. The van der Waals surface area contributed by atoms with Crippen molar-refractivity contribution in [2.45, 2.75) is 12.5 Å². The second kappa shape index (κ2) is 5.89. The van der Waals surface area contributed by atoms with Crippen LogP contribution in [0.4, 0.5) is 0 Å². The minimum Gasteiger partial charge on any atom is -0.487 e. The highest BCUT2D eigenvalue weighted by Crippen LogP contribution is 2.18. The van der Waals surface area contributed by atoms with Crippen LogP contribution in [-0.2, 0) is 12.5 Å². The maximum Gasteiger partial charge on any atom is 0.138 e. The van der Waals surface area contributed by atoms with Gasteiger partial charge in [0.1, 0.15) is 12.4 Å². The molecule has 88 valence electrons. The summed E-state index contributed by atoms with van der Waals surface area (Å²) >= 11 is 11.7. The minimum absolute atomic E-state index is 0.408. The summed E-state index contributed by atoms with van der Waals surface area (Å²) in [5, 5.41) is 0.706. The fourth-order valence-electron chi connectivity index (χ4n) is 1.35. The van der Waals surface area contributed by atoms with Crippen LogP contribution in [0.5, 0.6) is 5.75 Å². The Morgan fingerprint density at radius 3 is 2.59 bits per heavy atom. The van der Waals surface area contributed by atoms with Gasteiger partial charge >= 0.3 is 0 Å². The van der Waals surface area contributed by atoms with Crippen LogP contribution >= 0.6 is 23.2 Å². The molecule has 0 amide bonds. The number of nitrogens with zero attached hydrogens (tertiary/aromatic N) is 1. The number of hydrogen-bond donors (Lipinski definition) is 0. The number of benzene rings is 1. The largest absolute Gasteiger partial charge is 0.487 e. The molecule has 0 unspecified atom stereocenters. The molecule has 0 atom stereocenters. The first-order chi connectivity index (χ1) is 8.29. The van der Waals surface area contributed by atoms with Gasteiger partial charge in [0.15, 0.2) is 0 Å². The lowest BCUT2D eigenvalue weighted by Crippen LogP contribution is -1.97. The molecule has 0 N–H and O–H groups in total. The summed E-state index contributed by atoms with van der Waals surface area (Å²) < 4.78 is 5.58. The Hall–Kier alpha value is -1.25. The highest BCUT2D eigenvalue weighted by Gasteiger charge is 2.00. The lowest BCUT2D eigenvalue weighted by molar-refractivity contribution is 0.305. The summed E-state index contributed by atoms with van der Waals surface area (Å²) in [6.07, 6.45) is 1.66. The van der Waals surface area contributed by atoms with Gasteiger partial charge in [-0.15, -0.1) is 11.6 Å². The van der Waals surface area contributed by atoms with Crippen LogP contribution in [0, 0.1) is 0 Å². The zero-order valence-electron chi connectivity index (χ0n) is 9.07. The van der Waals surface area contributed by atoms with Crippen LogP contribution < -0.4 is 4.74 Å². The first-order valence-electron chi connectivity index (χ1n) is 5.16. The first-order valence-corrected chi connectivity index (χ1v) is 6.08. The van der Waals surface area contributed by atoms with E-state index in [1.165, 1.54) is 0 Å². The molecule has 1 heterocycles. The Kier molecular flexibility index (Phi) is 4.24. The van der Waals surface area contributed by atoms with Crippen LogP contribution in [0.2, 0.25) is 5.02 Å². The van der Waals surface area contributed by atoms with E-state index in [1.807, 2.05) is 36.4 Å². The third kappa shape index (κ3) is 3.35. The van der Waals surface area contributed by atoms with Gasteiger partial charge in [-0.25, -0.2) is 0 Å². The van der Waals surface area contributed by atoms with Crippen molar-refractivity contribution in [3.63, 3.8) is 0 Å². The standard InChI is InChI=1S/C13H11Cl2NO/c14-7-11-5-6-12(8-16-11)17-9-10-3-1-2-4-13(10)15/h1-6,8H,7,9H2. The van der Waals surface area contributed by atoms with E-state index in [2.05, 4.69) is 4.98 Å². The molecule has 4 heteroatoms. The third-order valence-electron chi connectivity index (χ3n) is 2.29. The Morgan fingerprint density at radius 1 is 1.12 bits per heavy atom. The van der Waals surface area contributed by atoms with Gasteiger partial charge in [-0.3, -0.25) is 4.98 Å². The average Bonchev–Trinajstić information content (AvgIpc) is 2.38. The molecule has 0 saturated heterocycles. The Balaban J connectivity index is 2.00. The van der Waals surface area contributed by atoms with Crippen molar-refractivity contribution in [3.05, 3.63) is 58.9 Å². The van der Waals surface area contributed by atoms with Gasteiger partial charge in [-0.05, 0) is 18.2 Å². The van der Waals surface area contributed by atoms with Crippen LogP contribution in [0.15, 0.2) is 42.6 Å². The fourth-order valence-corrected chi connectivity index (χ4v) is 1.70. The number of hydrogen-bond acceptors (Lipinski definition) is 2. The highest BCUT2D eigenvalue weighted by molar-refractivity contribution is 6.31. The molecule has 0 aliphatic carbocycles. The molecule has 0 bridgehead atoms. The Labute approximate surface area is 110 Å². The van der Waals surface area contributed by atoms with Crippen LogP contribution in [0.3, 0.4) is 0 Å². The number of rotatable bonds is 4. The van der Waals surface area contributed by atoms with Crippen molar-refractivity contribution in [3.8, 4) is 5.75 Å². The third-order valence-corrected chi connectivity index (χ3v) is 2.93. The van der Waals surface area contributed by atoms with Crippen molar-refractivity contribution in [1.82, 2.24) is 4.98 Å². The van der Waals surface area contributed by atoms with E-state index in [0.29, 0.717) is 23.3 Å². The second-order valence-corrected chi connectivity index (χ2v) is 4.17. The number of ether oxygens (including phenoxy) is 1. The number of halogens is 2. The van der Waals surface area contributed by atoms with Crippen LogP contribution in [0.25, 0.3) is 0 Å². The Bertz CT molecular complexity index is 485. The molecule has 0 aliphatic rings. The molecule has 0 aliphatic heterocycles. The van der Waals surface area contributed by atoms with E-state index in [0.717, 1.165) is 11.3 Å². The van der Waals surface area contributed by atoms with E-state index in [-0.39, 0.29) is 0 Å². The number of alkyl halides is 1. The average molecular weight is 268 g/mol. The van der Waals surface area contributed by atoms with Crippen LogP contribution in [-0.4, -0.2) is 4.98 Å². The van der Waals surface area contributed by atoms with Crippen LogP contribution in [0.1, 0.15) is 11.3 Å². The van der Waals surface area contributed by atoms with Gasteiger partial charge in [0, 0.05) is 10.6 Å². The van der Waals surface area contributed by atoms with E-state index >= 15 is 0 Å².